The van der Waals surface area contributed by atoms with Crippen molar-refractivity contribution < 1.29 is 14.3 Å². The first-order valence-electron chi connectivity index (χ1n) is 7.90. The van der Waals surface area contributed by atoms with Gasteiger partial charge in [-0.3, -0.25) is 4.79 Å². The van der Waals surface area contributed by atoms with Crippen LogP contribution in [0.3, 0.4) is 0 Å². The van der Waals surface area contributed by atoms with Gasteiger partial charge >= 0.3 is 0 Å². The number of hydrazone groups is 1. The van der Waals surface area contributed by atoms with Crippen molar-refractivity contribution in [1.29, 1.82) is 0 Å². The summed E-state index contributed by atoms with van der Waals surface area (Å²) in [5.41, 5.74) is 5.11. The van der Waals surface area contributed by atoms with E-state index in [1.54, 1.807) is 11.3 Å². The fourth-order valence-corrected chi connectivity index (χ4v) is 4.27. The summed E-state index contributed by atoms with van der Waals surface area (Å²) in [5.74, 6) is 1.50. The van der Waals surface area contributed by atoms with Crippen molar-refractivity contribution in [2.24, 2.45) is 5.10 Å². The molecule has 2 aromatic carbocycles. The summed E-state index contributed by atoms with van der Waals surface area (Å²) in [7, 11) is 0. The van der Waals surface area contributed by atoms with Gasteiger partial charge in [0.2, 0.25) is 6.79 Å². The lowest BCUT2D eigenvalue weighted by molar-refractivity contribution is -0.118. The molecule has 1 aliphatic heterocycles. The molecule has 0 saturated heterocycles. The number of nitrogens with zero attached hydrogens (tertiary/aromatic N) is 2. The zero-order valence-electron chi connectivity index (χ0n) is 13.9. The topological polar surface area (TPSA) is 72.8 Å². The number of nitrogens with one attached hydrogen (secondary N) is 1. The molecule has 6 nitrogen and oxygen atoms in total. The second-order valence-corrected chi connectivity index (χ2v) is 7.79. The van der Waals surface area contributed by atoms with Crippen molar-refractivity contribution in [3.8, 4) is 11.5 Å². The third kappa shape index (κ3) is 3.66. The van der Waals surface area contributed by atoms with Crippen LogP contribution in [0.2, 0.25) is 0 Å². The van der Waals surface area contributed by atoms with Gasteiger partial charge in [0.1, 0.15) is 0 Å². The van der Waals surface area contributed by atoms with Crippen molar-refractivity contribution in [3.05, 3.63) is 48.0 Å². The fraction of sp³-hybridized carbons (Fsp3) is 0.167. The van der Waals surface area contributed by atoms with Crippen molar-refractivity contribution in [3.63, 3.8) is 0 Å². The van der Waals surface area contributed by atoms with Gasteiger partial charge < -0.3 is 9.47 Å². The minimum Gasteiger partial charge on any atom is -0.454 e. The molecule has 0 radical (unpaired) electrons. The first-order chi connectivity index (χ1) is 12.7. The maximum atomic E-state index is 12.0. The lowest BCUT2D eigenvalue weighted by Gasteiger charge is -2.04. The van der Waals surface area contributed by atoms with Crippen LogP contribution in [0, 0.1) is 0 Å². The number of benzene rings is 2. The smallest absolute Gasteiger partial charge is 0.250 e. The number of fused-ring (bicyclic) bond motifs is 2. The van der Waals surface area contributed by atoms with Crippen LogP contribution in [0.1, 0.15) is 12.5 Å². The first-order valence-corrected chi connectivity index (χ1v) is 9.71. The fourth-order valence-electron chi connectivity index (χ4n) is 2.40. The van der Waals surface area contributed by atoms with Gasteiger partial charge in [0.05, 0.1) is 21.7 Å². The lowest BCUT2D eigenvalue weighted by atomic mass is 10.1. The molecule has 2 heterocycles. The average molecular weight is 385 g/mol. The lowest BCUT2D eigenvalue weighted by Crippen LogP contribution is -2.21. The molecule has 0 saturated carbocycles. The van der Waals surface area contributed by atoms with Gasteiger partial charge in [-0.05, 0) is 37.3 Å². The molecular formula is C18H15N3O3S2. The summed E-state index contributed by atoms with van der Waals surface area (Å²) in [4.78, 5) is 16.5. The Kier molecular flexibility index (Phi) is 4.77. The maximum Gasteiger partial charge on any atom is 0.250 e. The van der Waals surface area contributed by atoms with E-state index in [9.17, 15) is 4.79 Å². The monoisotopic (exact) mass is 385 g/mol. The number of aromatic nitrogens is 1. The number of thiazole rings is 1. The third-order valence-corrected chi connectivity index (χ3v) is 5.92. The summed E-state index contributed by atoms with van der Waals surface area (Å²) in [6.45, 7) is 2.06. The highest BCUT2D eigenvalue weighted by molar-refractivity contribution is 8.01. The predicted molar refractivity (Wildman–Crippen MR) is 103 cm³/mol. The van der Waals surface area contributed by atoms with Gasteiger partial charge in [-0.15, -0.1) is 11.3 Å². The summed E-state index contributed by atoms with van der Waals surface area (Å²) in [5, 5.41) is 4.17. The molecule has 3 aromatic rings. The van der Waals surface area contributed by atoms with Crippen LogP contribution in [-0.2, 0) is 4.79 Å². The SMILES string of the molecule is C/C(=N\NC(=O)CSc1nc2ccccc2s1)c1ccc2c(c1)OCO2. The first kappa shape index (κ1) is 16.9. The van der Waals surface area contributed by atoms with Crippen molar-refractivity contribution in [2.75, 3.05) is 12.5 Å². The van der Waals surface area contributed by atoms with Crippen LogP contribution in [0.15, 0.2) is 51.9 Å². The summed E-state index contributed by atoms with van der Waals surface area (Å²) >= 11 is 2.99. The van der Waals surface area contributed by atoms with Crippen LogP contribution < -0.4 is 14.9 Å². The quantitative estimate of drug-likeness (QED) is 0.412. The highest BCUT2D eigenvalue weighted by atomic mass is 32.2. The average Bonchev–Trinajstić information content (AvgIpc) is 3.29. The minimum absolute atomic E-state index is 0.172. The van der Waals surface area contributed by atoms with E-state index in [0.29, 0.717) is 11.5 Å². The molecule has 0 atom stereocenters. The largest absolute Gasteiger partial charge is 0.454 e. The number of ether oxygens (including phenoxy) is 2. The standard InChI is InChI=1S/C18H15N3O3S2/c1-11(12-6-7-14-15(8-12)24-10-23-14)20-21-17(22)9-25-18-19-13-4-2-3-5-16(13)26-18/h2-8H,9-10H2,1H3,(H,21,22)/b20-11+. The molecular weight excluding hydrogens is 370 g/mol. The number of carbonyl (C=O) groups excluding carboxylic acids is 1. The van der Waals surface area contributed by atoms with E-state index in [-0.39, 0.29) is 18.5 Å². The zero-order chi connectivity index (χ0) is 17.9. The van der Waals surface area contributed by atoms with Crippen LogP contribution in [-0.4, -0.2) is 29.1 Å². The van der Waals surface area contributed by atoms with Crippen LogP contribution in [0.5, 0.6) is 11.5 Å². The molecule has 0 bridgehead atoms. The van der Waals surface area contributed by atoms with E-state index in [1.807, 2.05) is 49.4 Å². The van der Waals surface area contributed by atoms with Crippen LogP contribution in [0.25, 0.3) is 10.2 Å². The molecule has 8 heteroatoms. The van der Waals surface area contributed by atoms with E-state index < -0.39 is 0 Å². The molecule has 0 spiro atoms. The number of amides is 1. The second-order valence-electron chi connectivity index (χ2n) is 5.54. The molecule has 132 valence electrons. The highest BCUT2D eigenvalue weighted by Gasteiger charge is 2.14. The number of carbonyl (C=O) groups is 1. The van der Waals surface area contributed by atoms with Gasteiger partial charge in [-0.1, -0.05) is 23.9 Å². The van der Waals surface area contributed by atoms with E-state index in [0.717, 1.165) is 25.9 Å². The number of rotatable bonds is 5. The maximum absolute atomic E-state index is 12.0. The molecule has 0 aliphatic carbocycles. The van der Waals surface area contributed by atoms with Crippen molar-refractivity contribution in [1.82, 2.24) is 10.4 Å². The van der Waals surface area contributed by atoms with E-state index in [1.165, 1.54) is 11.8 Å². The zero-order valence-corrected chi connectivity index (χ0v) is 15.5. The molecule has 0 fully saturated rings. The Morgan fingerprint density at radius 2 is 2.12 bits per heavy atom. The summed E-state index contributed by atoms with van der Waals surface area (Å²) in [6, 6.07) is 13.5. The summed E-state index contributed by atoms with van der Waals surface area (Å²) in [6.07, 6.45) is 0. The van der Waals surface area contributed by atoms with Gasteiger partial charge in [-0.25, -0.2) is 10.4 Å². The van der Waals surface area contributed by atoms with Crippen LogP contribution >= 0.6 is 23.1 Å². The molecule has 1 aliphatic rings. The van der Waals surface area contributed by atoms with E-state index in [2.05, 4.69) is 15.5 Å². The number of hydrogen-bond acceptors (Lipinski definition) is 7. The third-order valence-electron chi connectivity index (χ3n) is 3.74. The Balaban J connectivity index is 1.34. The molecule has 1 N–H and O–H groups in total. The highest BCUT2D eigenvalue weighted by Crippen LogP contribution is 2.32. The van der Waals surface area contributed by atoms with Crippen LogP contribution in [0.4, 0.5) is 0 Å². The molecule has 1 aromatic heterocycles. The minimum atomic E-state index is -0.172. The van der Waals surface area contributed by atoms with E-state index in [4.69, 9.17) is 9.47 Å². The van der Waals surface area contributed by atoms with Gasteiger partial charge in [0.15, 0.2) is 15.8 Å². The van der Waals surface area contributed by atoms with Crippen molar-refractivity contribution in [2.45, 2.75) is 11.3 Å². The molecule has 1 amide bonds. The number of para-hydroxylation sites is 1. The Morgan fingerprint density at radius 1 is 1.27 bits per heavy atom. The Hall–Kier alpha value is -2.58. The molecule has 26 heavy (non-hydrogen) atoms. The van der Waals surface area contributed by atoms with Gasteiger partial charge in [0, 0.05) is 5.56 Å². The van der Waals surface area contributed by atoms with Gasteiger partial charge in [0.25, 0.3) is 5.91 Å². The molecule has 4 rings (SSSR count). The number of thioether (sulfide) groups is 1. The Morgan fingerprint density at radius 3 is 3.00 bits per heavy atom. The predicted octanol–water partition coefficient (Wildman–Crippen LogP) is 3.66. The number of hydrogen-bond donors (Lipinski definition) is 1. The Bertz CT molecular complexity index is 967. The molecule has 0 unspecified atom stereocenters. The van der Waals surface area contributed by atoms with E-state index >= 15 is 0 Å². The Labute approximate surface area is 158 Å². The summed E-state index contributed by atoms with van der Waals surface area (Å²) < 4.78 is 12.6. The normalized spacial score (nSPS) is 13.2. The van der Waals surface area contributed by atoms with Gasteiger partial charge in [-0.2, -0.15) is 5.10 Å². The second kappa shape index (κ2) is 7.35. The van der Waals surface area contributed by atoms with Crippen molar-refractivity contribution >= 4 is 44.9 Å².